The van der Waals surface area contributed by atoms with E-state index in [1.54, 1.807) is 20.8 Å². The van der Waals surface area contributed by atoms with Gasteiger partial charge in [-0.2, -0.15) is 0 Å². The van der Waals surface area contributed by atoms with Crippen LogP contribution in [0.25, 0.3) is 0 Å². The molecule has 0 aromatic rings. The van der Waals surface area contributed by atoms with Gasteiger partial charge in [-0.25, -0.2) is 13.2 Å². The van der Waals surface area contributed by atoms with E-state index in [-0.39, 0.29) is 17.4 Å². The van der Waals surface area contributed by atoms with Crippen LogP contribution in [0.3, 0.4) is 0 Å². The van der Waals surface area contributed by atoms with Gasteiger partial charge in [0.05, 0.1) is 11.5 Å². The highest BCUT2D eigenvalue weighted by atomic mass is 32.2. The highest BCUT2D eigenvalue weighted by Gasteiger charge is 2.26. The Hall–Kier alpha value is -1.02. The summed E-state index contributed by atoms with van der Waals surface area (Å²) >= 11 is 0. The van der Waals surface area contributed by atoms with Crippen LogP contribution in [-0.4, -0.2) is 31.5 Å². The molecule has 1 unspecified atom stereocenters. The molecule has 5 heteroatoms. The van der Waals surface area contributed by atoms with E-state index in [0.29, 0.717) is 6.42 Å². The van der Waals surface area contributed by atoms with Gasteiger partial charge in [0.25, 0.3) is 0 Å². The standard InChI is InChI=1S/C11H16O4S/c1-11(2,3)15-10(12)5-4-9-6-7-16(13,14)8-9/h9H,6-8H2,1-3H3. The zero-order valence-corrected chi connectivity index (χ0v) is 10.6. The van der Waals surface area contributed by atoms with Crippen LogP contribution in [0.4, 0.5) is 0 Å². The Morgan fingerprint density at radius 2 is 2.00 bits per heavy atom. The molecule has 90 valence electrons. The van der Waals surface area contributed by atoms with Gasteiger partial charge in [0.15, 0.2) is 9.84 Å². The number of carbonyl (C=O) groups excluding carboxylic acids is 1. The number of hydrogen-bond acceptors (Lipinski definition) is 4. The Morgan fingerprint density at radius 3 is 2.44 bits per heavy atom. The molecule has 0 spiro atoms. The van der Waals surface area contributed by atoms with Crippen molar-refractivity contribution in [3.8, 4) is 11.8 Å². The van der Waals surface area contributed by atoms with Crippen molar-refractivity contribution in [2.45, 2.75) is 32.8 Å². The first-order chi connectivity index (χ1) is 7.18. The lowest BCUT2D eigenvalue weighted by Crippen LogP contribution is -2.22. The molecule has 1 heterocycles. The minimum Gasteiger partial charge on any atom is -0.450 e. The molecule has 1 rings (SSSR count). The van der Waals surface area contributed by atoms with Gasteiger partial charge in [-0.3, -0.25) is 0 Å². The maximum Gasteiger partial charge on any atom is 0.384 e. The maximum absolute atomic E-state index is 11.2. The summed E-state index contributed by atoms with van der Waals surface area (Å²) in [5.74, 6) is 4.40. The molecule has 0 radical (unpaired) electrons. The third-order valence-electron chi connectivity index (χ3n) is 2.01. The van der Waals surface area contributed by atoms with Crippen LogP contribution in [0, 0.1) is 17.8 Å². The number of esters is 1. The zero-order valence-electron chi connectivity index (χ0n) is 9.74. The predicted octanol–water partition coefficient (Wildman–Crippen LogP) is 0.766. The molecule has 1 aliphatic rings. The minimum atomic E-state index is -2.93. The van der Waals surface area contributed by atoms with E-state index in [1.807, 2.05) is 0 Å². The van der Waals surface area contributed by atoms with Crippen LogP contribution >= 0.6 is 0 Å². The number of rotatable bonds is 0. The molecule has 0 aliphatic carbocycles. The molecule has 1 saturated heterocycles. The lowest BCUT2D eigenvalue weighted by Gasteiger charge is -2.16. The van der Waals surface area contributed by atoms with Crippen molar-refractivity contribution in [1.29, 1.82) is 0 Å². The molecule has 1 atom stereocenters. The van der Waals surface area contributed by atoms with Gasteiger partial charge in [0, 0.05) is 11.8 Å². The van der Waals surface area contributed by atoms with Crippen molar-refractivity contribution in [3.63, 3.8) is 0 Å². The summed E-state index contributed by atoms with van der Waals surface area (Å²) in [5, 5.41) is 0. The monoisotopic (exact) mass is 244 g/mol. The summed E-state index contributed by atoms with van der Waals surface area (Å²) < 4.78 is 27.2. The van der Waals surface area contributed by atoms with Gasteiger partial charge >= 0.3 is 5.97 Å². The summed E-state index contributed by atoms with van der Waals surface area (Å²) in [7, 11) is -2.93. The fourth-order valence-electron chi connectivity index (χ4n) is 1.37. The number of sulfone groups is 1. The first-order valence-electron chi connectivity index (χ1n) is 5.13. The molecule has 0 aromatic heterocycles. The van der Waals surface area contributed by atoms with E-state index < -0.39 is 21.4 Å². The predicted molar refractivity (Wildman–Crippen MR) is 60.4 cm³/mol. The molecule has 1 fully saturated rings. The minimum absolute atomic E-state index is 0.0583. The summed E-state index contributed by atoms with van der Waals surface area (Å²) in [4.78, 5) is 11.2. The van der Waals surface area contributed by atoms with E-state index in [0.717, 1.165) is 0 Å². The summed E-state index contributed by atoms with van der Waals surface area (Å²) in [5.41, 5.74) is -0.562. The largest absolute Gasteiger partial charge is 0.450 e. The molecule has 0 saturated carbocycles. The Bertz CT molecular complexity index is 431. The van der Waals surface area contributed by atoms with Crippen molar-refractivity contribution in [3.05, 3.63) is 0 Å². The lowest BCUT2D eigenvalue weighted by atomic mass is 10.1. The number of carbonyl (C=O) groups is 1. The first kappa shape index (κ1) is 13.0. The van der Waals surface area contributed by atoms with Crippen LogP contribution in [0.2, 0.25) is 0 Å². The van der Waals surface area contributed by atoms with Crippen LogP contribution in [0.5, 0.6) is 0 Å². The molecule has 0 N–H and O–H groups in total. The normalized spacial score (nSPS) is 23.3. The Balaban J connectivity index is 2.53. The fourth-order valence-corrected chi connectivity index (χ4v) is 3.05. The average Bonchev–Trinajstić information content (AvgIpc) is 2.39. The van der Waals surface area contributed by atoms with E-state index in [1.165, 1.54) is 0 Å². The van der Waals surface area contributed by atoms with Crippen LogP contribution < -0.4 is 0 Å². The molecule has 0 bridgehead atoms. The van der Waals surface area contributed by atoms with Crippen molar-refractivity contribution < 1.29 is 17.9 Å². The molecule has 0 aromatic carbocycles. The molecular formula is C11H16O4S. The van der Waals surface area contributed by atoms with E-state index in [4.69, 9.17) is 4.74 Å². The van der Waals surface area contributed by atoms with Crippen molar-refractivity contribution in [2.75, 3.05) is 11.5 Å². The Labute approximate surface area is 96.3 Å². The van der Waals surface area contributed by atoms with Crippen LogP contribution in [0.15, 0.2) is 0 Å². The molecule has 1 aliphatic heterocycles. The SMILES string of the molecule is CC(C)(C)OC(=O)C#CC1CCS(=O)(=O)C1. The van der Waals surface area contributed by atoms with Gasteiger partial charge in [-0.15, -0.1) is 0 Å². The van der Waals surface area contributed by atoms with Crippen molar-refractivity contribution >= 4 is 15.8 Å². The average molecular weight is 244 g/mol. The number of ether oxygens (including phenoxy) is 1. The Kier molecular flexibility index (Phi) is 3.64. The highest BCUT2D eigenvalue weighted by molar-refractivity contribution is 7.91. The topological polar surface area (TPSA) is 60.4 Å². The van der Waals surface area contributed by atoms with Gasteiger partial charge in [0.2, 0.25) is 0 Å². The molecule has 0 amide bonds. The first-order valence-corrected chi connectivity index (χ1v) is 6.95. The molecule has 16 heavy (non-hydrogen) atoms. The van der Waals surface area contributed by atoms with Crippen molar-refractivity contribution in [1.82, 2.24) is 0 Å². The second-order valence-electron chi connectivity index (χ2n) is 4.87. The van der Waals surface area contributed by atoms with E-state index >= 15 is 0 Å². The zero-order chi connectivity index (χ0) is 12.4. The third kappa shape index (κ3) is 4.67. The quantitative estimate of drug-likeness (QED) is 0.359. The molecular weight excluding hydrogens is 228 g/mol. The van der Waals surface area contributed by atoms with E-state index in [9.17, 15) is 13.2 Å². The number of hydrogen-bond donors (Lipinski definition) is 0. The van der Waals surface area contributed by atoms with Gasteiger partial charge in [0.1, 0.15) is 5.60 Å². The summed E-state index contributed by atoms with van der Waals surface area (Å²) in [6.45, 7) is 5.27. The second kappa shape index (κ2) is 4.46. The fraction of sp³-hybridized carbons (Fsp3) is 0.727. The summed E-state index contributed by atoms with van der Waals surface area (Å²) in [6, 6.07) is 0. The van der Waals surface area contributed by atoms with Crippen LogP contribution in [-0.2, 0) is 19.4 Å². The Morgan fingerprint density at radius 1 is 1.38 bits per heavy atom. The maximum atomic E-state index is 11.2. The smallest absolute Gasteiger partial charge is 0.384 e. The lowest BCUT2D eigenvalue weighted by molar-refractivity contribution is -0.147. The second-order valence-corrected chi connectivity index (χ2v) is 7.10. The highest BCUT2D eigenvalue weighted by Crippen LogP contribution is 2.17. The third-order valence-corrected chi connectivity index (χ3v) is 3.78. The molecule has 4 nitrogen and oxygen atoms in total. The van der Waals surface area contributed by atoms with E-state index in [2.05, 4.69) is 11.8 Å². The van der Waals surface area contributed by atoms with Crippen LogP contribution in [0.1, 0.15) is 27.2 Å². The van der Waals surface area contributed by atoms with Gasteiger partial charge in [-0.1, -0.05) is 5.92 Å². The van der Waals surface area contributed by atoms with Gasteiger partial charge < -0.3 is 4.74 Å². The van der Waals surface area contributed by atoms with Gasteiger partial charge in [-0.05, 0) is 27.2 Å². The summed E-state index contributed by atoms with van der Waals surface area (Å²) in [6.07, 6.45) is 0.512. The van der Waals surface area contributed by atoms with Crippen molar-refractivity contribution in [2.24, 2.45) is 5.92 Å².